The fourth-order valence-electron chi connectivity index (χ4n) is 3.57. The zero-order chi connectivity index (χ0) is 19.8. The summed E-state index contributed by atoms with van der Waals surface area (Å²) in [6.45, 7) is 5.99. The molecule has 1 aliphatic rings. The van der Waals surface area contributed by atoms with Gasteiger partial charge in [-0.2, -0.15) is 4.57 Å². The number of benzene rings is 2. The number of fused-ring (bicyclic) bond motifs is 1. The molecule has 0 saturated carbocycles. The molecule has 0 aliphatic heterocycles. The van der Waals surface area contributed by atoms with Crippen molar-refractivity contribution in [3.8, 4) is 0 Å². The molecule has 0 fully saturated rings. The van der Waals surface area contributed by atoms with Crippen LogP contribution < -0.4 is 33.9 Å². The second kappa shape index (κ2) is 8.29. The van der Waals surface area contributed by atoms with Crippen LogP contribution >= 0.6 is 0 Å². The largest absolute Gasteiger partial charge is 1.00 e. The highest BCUT2D eigenvalue weighted by molar-refractivity contribution is 6.36. The summed E-state index contributed by atoms with van der Waals surface area (Å²) in [6.07, 6.45) is 3.62. The van der Waals surface area contributed by atoms with Gasteiger partial charge in [-0.25, -0.2) is 0 Å². The molecule has 0 bridgehead atoms. The van der Waals surface area contributed by atoms with Crippen molar-refractivity contribution in [1.82, 2.24) is 0 Å². The maximum absolute atomic E-state index is 13.3. The van der Waals surface area contributed by atoms with E-state index in [4.69, 9.17) is 0 Å². The standard InChI is InChI=1S/C24H20N2O2.HI/c1-15-8-10-26(11-9-15)22-21(25-18-13-16(2)12-17(3)14-18)23(27)19-6-4-5-7-20(19)24(22)28;/h4-14H,1-3H3;1H. The van der Waals surface area contributed by atoms with Gasteiger partial charge in [0, 0.05) is 28.9 Å². The lowest BCUT2D eigenvalue weighted by atomic mass is 9.90. The van der Waals surface area contributed by atoms with Crippen molar-refractivity contribution >= 4 is 23.0 Å². The van der Waals surface area contributed by atoms with Crippen molar-refractivity contribution in [1.29, 1.82) is 0 Å². The summed E-state index contributed by atoms with van der Waals surface area (Å²) in [6, 6.07) is 16.8. The summed E-state index contributed by atoms with van der Waals surface area (Å²) in [7, 11) is 0. The number of Topliss-reactive ketones (excluding diaryl/α,β-unsaturated/α-hetero) is 2. The number of carbonyl (C=O) groups excluding carboxylic acids is 2. The number of aryl methyl sites for hydroxylation is 3. The molecule has 4 nitrogen and oxygen atoms in total. The second-order valence-electron chi connectivity index (χ2n) is 7.21. The van der Waals surface area contributed by atoms with E-state index < -0.39 is 0 Å². The van der Waals surface area contributed by atoms with E-state index in [1.807, 2.05) is 57.4 Å². The maximum atomic E-state index is 13.3. The lowest BCUT2D eigenvalue weighted by Gasteiger charge is -2.19. The van der Waals surface area contributed by atoms with Crippen molar-refractivity contribution < 1.29 is 38.1 Å². The summed E-state index contributed by atoms with van der Waals surface area (Å²) >= 11 is 0. The molecule has 146 valence electrons. The SMILES string of the molecule is Cc1cc[n+](C2=C(Nc3cc(C)cc(C)c3)C(=O)c3ccccc3C2=O)cc1.[I-]. The highest BCUT2D eigenvalue weighted by Crippen LogP contribution is 2.28. The Bertz CT molecular complexity index is 1130. The topological polar surface area (TPSA) is 50.1 Å². The quantitative estimate of drug-likeness (QED) is 0.439. The van der Waals surface area contributed by atoms with Crippen molar-refractivity contribution in [2.75, 3.05) is 5.32 Å². The summed E-state index contributed by atoms with van der Waals surface area (Å²) in [5.41, 5.74) is 5.53. The maximum Gasteiger partial charge on any atom is 0.286 e. The minimum atomic E-state index is -0.183. The van der Waals surface area contributed by atoms with E-state index in [1.165, 1.54) is 0 Å². The van der Waals surface area contributed by atoms with Crippen molar-refractivity contribution in [3.63, 3.8) is 0 Å². The molecule has 0 amide bonds. The highest BCUT2D eigenvalue weighted by Gasteiger charge is 2.38. The molecule has 4 rings (SSSR count). The first-order valence-corrected chi connectivity index (χ1v) is 9.20. The predicted molar refractivity (Wildman–Crippen MR) is 109 cm³/mol. The Labute approximate surface area is 187 Å². The number of rotatable bonds is 3. The van der Waals surface area contributed by atoms with Crippen LogP contribution in [0.25, 0.3) is 5.70 Å². The van der Waals surface area contributed by atoms with E-state index in [0.29, 0.717) is 22.5 Å². The number of hydrogen-bond donors (Lipinski definition) is 1. The molecule has 5 heteroatoms. The molecule has 1 aromatic heterocycles. The van der Waals surface area contributed by atoms with Crippen LogP contribution in [-0.4, -0.2) is 11.6 Å². The van der Waals surface area contributed by atoms with Crippen LogP contribution in [-0.2, 0) is 0 Å². The average molecular weight is 496 g/mol. The number of halogens is 1. The number of allylic oxidation sites excluding steroid dienone is 2. The van der Waals surface area contributed by atoms with Gasteiger partial charge in [0.15, 0.2) is 18.1 Å². The number of nitrogens with one attached hydrogen (secondary N) is 1. The Morgan fingerprint density at radius 3 is 1.86 bits per heavy atom. The van der Waals surface area contributed by atoms with E-state index in [0.717, 1.165) is 22.4 Å². The lowest BCUT2D eigenvalue weighted by Crippen LogP contribution is -3.00. The number of aromatic nitrogens is 1. The third kappa shape index (κ3) is 4.00. The summed E-state index contributed by atoms with van der Waals surface area (Å²) in [5.74, 6) is -0.353. The van der Waals surface area contributed by atoms with Crippen LogP contribution in [0.4, 0.5) is 5.69 Å². The zero-order valence-electron chi connectivity index (χ0n) is 16.5. The average Bonchev–Trinajstić information content (AvgIpc) is 2.66. The van der Waals surface area contributed by atoms with Crippen LogP contribution in [0, 0.1) is 20.8 Å². The fraction of sp³-hybridized carbons (Fsp3) is 0.125. The highest BCUT2D eigenvalue weighted by atomic mass is 127. The van der Waals surface area contributed by atoms with Crippen molar-refractivity contribution in [2.24, 2.45) is 0 Å². The summed E-state index contributed by atoms with van der Waals surface area (Å²) < 4.78 is 1.72. The first-order valence-electron chi connectivity index (χ1n) is 9.20. The number of nitrogens with zero attached hydrogens (tertiary/aromatic N) is 1. The van der Waals surface area contributed by atoms with Crippen molar-refractivity contribution in [2.45, 2.75) is 20.8 Å². The molecular formula is C24H21IN2O2. The molecule has 0 radical (unpaired) electrons. The zero-order valence-corrected chi connectivity index (χ0v) is 18.7. The number of anilines is 1. The third-order valence-corrected chi connectivity index (χ3v) is 4.84. The van der Waals surface area contributed by atoms with Gasteiger partial charge in [-0.05, 0) is 49.6 Å². The number of ketones is 2. The van der Waals surface area contributed by atoms with Crippen LogP contribution in [0.15, 0.2) is 72.7 Å². The Hall–Kier alpha value is -2.80. The third-order valence-electron chi connectivity index (χ3n) is 4.84. The van der Waals surface area contributed by atoms with Gasteiger partial charge in [-0.15, -0.1) is 0 Å². The number of hydrogen-bond acceptors (Lipinski definition) is 3. The van der Waals surface area contributed by atoms with Gasteiger partial charge in [-0.3, -0.25) is 9.59 Å². The molecule has 0 unspecified atom stereocenters. The van der Waals surface area contributed by atoms with Crippen molar-refractivity contribution in [3.05, 3.63) is 101 Å². The first kappa shape index (κ1) is 20.9. The van der Waals surface area contributed by atoms with Gasteiger partial charge in [0.1, 0.15) is 0 Å². The van der Waals surface area contributed by atoms with Gasteiger partial charge in [0.05, 0.1) is 0 Å². The van der Waals surface area contributed by atoms with Gasteiger partial charge in [0.2, 0.25) is 5.78 Å². The molecule has 29 heavy (non-hydrogen) atoms. The van der Waals surface area contributed by atoms with Gasteiger partial charge < -0.3 is 29.3 Å². The number of carbonyl (C=O) groups is 2. The van der Waals surface area contributed by atoms with Crippen LogP contribution in [0.1, 0.15) is 37.4 Å². The van der Waals surface area contributed by atoms with Gasteiger partial charge in [0.25, 0.3) is 11.5 Å². The smallest absolute Gasteiger partial charge is 0.286 e. The van der Waals surface area contributed by atoms with Gasteiger partial charge in [-0.1, -0.05) is 30.3 Å². The molecular weight excluding hydrogens is 475 g/mol. The minimum absolute atomic E-state index is 0. The molecule has 0 spiro atoms. The Morgan fingerprint density at radius 2 is 1.28 bits per heavy atom. The number of pyridine rings is 1. The molecule has 1 aliphatic carbocycles. The van der Waals surface area contributed by atoms with Crippen LogP contribution in [0.5, 0.6) is 0 Å². The van der Waals surface area contributed by atoms with Crippen LogP contribution in [0.2, 0.25) is 0 Å². The molecule has 1 heterocycles. The van der Waals surface area contributed by atoms with Crippen LogP contribution in [0.3, 0.4) is 0 Å². The lowest BCUT2D eigenvalue weighted by molar-refractivity contribution is -0.577. The van der Waals surface area contributed by atoms with E-state index in [2.05, 4.69) is 11.4 Å². The first-order chi connectivity index (χ1) is 13.4. The van der Waals surface area contributed by atoms with E-state index in [9.17, 15) is 9.59 Å². The Balaban J connectivity index is 0.00000240. The normalized spacial score (nSPS) is 13.1. The Kier molecular flexibility index (Phi) is 5.98. The molecule has 1 N–H and O–H groups in total. The fourth-order valence-corrected chi connectivity index (χ4v) is 3.57. The van der Waals surface area contributed by atoms with E-state index >= 15 is 0 Å². The molecule has 0 atom stereocenters. The summed E-state index contributed by atoms with van der Waals surface area (Å²) in [5, 5.41) is 3.24. The predicted octanol–water partition coefficient (Wildman–Crippen LogP) is 1.26. The molecule has 2 aromatic carbocycles. The Morgan fingerprint density at radius 1 is 0.724 bits per heavy atom. The minimum Gasteiger partial charge on any atom is -1.00 e. The van der Waals surface area contributed by atoms with E-state index in [-0.39, 0.29) is 35.5 Å². The molecule has 0 saturated heterocycles. The summed E-state index contributed by atoms with van der Waals surface area (Å²) in [4.78, 5) is 26.6. The second-order valence-corrected chi connectivity index (χ2v) is 7.21. The molecule has 3 aromatic rings. The monoisotopic (exact) mass is 496 g/mol. The van der Waals surface area contributed by atoms with Gasteiger partial charge >= 0.3 is 0 Å². The van der Waals surface area contributed by atoms with E-state index in [1.54, 1.807) is 28.8 Å².